The molecule has 2 nitrogen and oxygen atoms in total. The van der Waals surface area contributed by atoms with Gasteiger partial charge >= 0.3 is 5.97 Å². The lowest BCUT2D eigenvalue weighted by Gasteiger charge is -2.11. The zero-order chi connectivity index (χ0) is 9.56. The molecule has 72 valence electrons. The summed E-state index contributed by atoms with van der Waals surface area (Å²) in [7, 11) is 0. The van der Waals surface area contributed by atoms with Crippen LogP contribution in [0.15, 0.2) is 0 Å². The van der Waals surface area contributed by atoms with Crippen LogP contribution in [0, 0.1) is 11.8 Å². The Balaban J connectivity index is 3.43. The van der Waals surface area contributed by atoms with Crippen LogP contribution in [-0.4, -0.2) is 11.1 Å². The summed E-state index contributed by atoms with van der Waals surface area (Å²) in [6.45, 7) is 6.40. The molecule has 0 saturated carbocycles. The molecule has 0 fully saturated rings. The molecule has 12 heavy (non-hydrogen) atoms. The third kappa shape index (κ3) is 6.20. The summed E-state index contributed by atoms with van der Waals surface area (Å²) in [6, 6.07) is 0. The maximum atomic E-state index is 10.3. The molecule has 0 radical (unpaired) electrons. The number of aliphatic carboxylic acids is 1. The molecule has 0 aromatic heterocycles. The number of hydrogen-bond acceptors (Lipinski definition) is 1. The number of carbonyl (C=O) groups is 1. The van der Waals surface area contributed by atoms with E-state index in [2.05, 4.69) is 13.8 Å². The molecule has 0 amide bonds. The average Bonchev–Trinajstić information content (AvgIpc) is 1.99. The van der Waals surface area contributed by atoms with Gasteiger partial charge in [-0.15, -0.1) is 0 Å². The first-order valence-electron chi connectivity index (χ1n) is 4.78. The summed E-state index contributed by atoms with van der Waals surface area (Å²) in [6.07, 6.45) is 3.71. The molecule has 0 heterocycles. The van der Waals surface area contributed by atoms with Crippen molar-refractivity contribution in [1.82, 2.24) is 0 Å². The fraction of sp³-hybridized carbons (Fsp3) is 0.900. The van der Waals surface area contributed by atoms with Crippen molar-refractivity contribution in [2.45, 2.75) is 46.5 Å². The van der Waals surface area contributed by atoms with Gasteiger partial charge < -0.3 is 5.11 Å². The Morgan fingerprint density at radius 2 is 1.75 bits per heavy atom. The SMILES string of the molecule is CC[C@H](C)CC[C@@H](C)CC(=O)O. The van der Waals surface area contributed by atoms with Crippen LogP contribution in [0.2, 0.25) is 0 Å². The van der Waals surface area contributed by atoms with Crippen molar-refractivity contribution in [1.29, 1.82) is 0 Å². The van der Waals surface area contributed by atoms with Crippen LogP contribution < -0.4 is 0 Å². The topological polar surface area (TPSA) is 37.3 Å². The number of carboxylic acids is 1. The summed E-state index contributed by atoms with van der Waals surface area (Å²) < 4.78 is 0. The molecule has 0 saturated heterocycles. The highest BCUT2D eigenvalue weighted by Gasteiger charge is 2.08. The first-order chi connectivity index (χ1) is 5.56. The van der Waals surface area contributed by atoms with Gasteiger partial charge in [-0.25, -0.2) is 0 Å². The van der Waals surface area contributed by atoms with Crippen molar-refractivity contribution in [3.63, 3.8) is 0 Å². The zero-order valence-corrected chi connectivity index (χ0v) is 8.34. The van der Waals surface area contributed by atoms with E-state index in [1.54, 1.807) is 0 Å². The maximum Gasteiger partial charge on any atom is 0.303 e. The number of rotatable bonds is 6. The van der Waals surface area contributed by atoms with Gasteiger partial charge in [0.05, 0.1) is 0 Å². The third-order valence-electron chi connectivity index (χ3n) is 2.37. The lowest BCUT2D eigenvalue weighted by atomic mass is 9.95. The van der Waals surface area contributed by atoms with E-state index in [-0.39, 0.29) is 0 Å². The molecule has 0 aliphatic heterocycles. The molecule has 2 atom stereocenters. The molecular formula is C10H20O2. The molecule has 0 aromatic rings. The molecule has 0 spiro atoms. The minimum absolute atomic E-state index is 0.316. The Kier molecular flexibility index (Phi) is 5.77. The lowest BCUT2D eigenvalue weighted by Crippen LogP contribution is -2.05. The normalized spacial score (nSPS) is 15.6. The van der Waals surface area contributed by atoms with Crippen LogP contribution in [-0.2, 0) is 4.79 Å². The van der Waals surface area contributed by atoms with E-state index in [9.17, 15) is 4.79 Å². The first kappa shape index (κ1) is 11.5. The summed E-state index contributed by atoms with van der Waals surface area (Å²) in [5.41, 5.74) is 0. The molecule has 0 rings (SSSR count). The second-order valence-corrected chi connectivity index (χ2v) is 3.79. The largest absolute Gasteiger partial charge is 0.481 e. The quantitative estimate of drug-likeness (QED) is 0.668. The second kappa shape index (κ2) is 6.04. The van der Waals surface area contributed by atoms with Crippen LogP contribution in [0.1, 0.15) is 46.5 Å². The Labute approximate surface area is 75.0 Å². The Morgan fingerprint density at radius 1 is 1.25 bits per heavy atom. The van der Waals surface area contributed by atoms with Gasteiger partial charge in [0, 0.05) is 6.42 Å². The minimum atomic E-state index is -0.674. The van der Waals surface area contributed by atoms with E-state index >= 15 is 0 Å². The van der Waals surface area contributed by atoms with Crippen LogP contribution in [0.4, 0.5) is 0 Å². The highest BCUT2D eigenvalue weighted by Crippen LogP contribution is 2.16. The maximum absolute atomic E-state index is 10.3. The van der Waals surface area contributed by atoms with Gasteiger partial charge in [-0.1, -0.05) is 33.6 Å². The van der Waals surface area contributed by atoms with Gasteiger partial charge in [0.15, 0.2) is 0 Å². The molecule has 0 aliphatic carbocycles. The fourth-order valence-electron chi connectivity index (χ4n) is 1.17. The van der Waals surface area contributed by atoms with Gasteiger partial charge in [-0.2, -0.15) is 0 Å². The van der Waals surface area contributed by atoms with Crippen molar-refractivity contribution < 1.29 is 9.90 Å². The zero-order valence-electron chi connectivity index (χ0n) is 8.34. The lowest BCUT2D eigenvalue weighted by molar-refractivity contribution is -0.138. The van der Waals surface area contributed by atoms with Crippen molar-refractivity contribution in [2.75, 3.05) is 0 Å². The van der Waals surface area contributed by atoms with E-state index in [1.165, 1.54) is 6.42 Å². The van der Waals surface area contributed by atoms with E-state index in [0.717, 1.165) is 18.8 Å². The Hall–Kier alpha value is -0.530. The van der Waals surface area contributed by atoms with Crippen molar-refractivity contribution in [3.05, 3.63) is 0 Å². The third-order valence-corrected chi connectivity index (χ3v) is 2.37. The summed E-state index contributed by atoms with van der Waals surface area (Å²) >= 11 is 0. The average molecular weight is 172 g/mol. The van der Waals surface area contributed by atoms with Gasteiger partial charge in [-0.05, 0) is 18.3 Å². The Bertz CT molecular complexity index is 132. The van der Waals surface area contributed by atoms with Gasteiger partial charge in [0.25, 0.3) is 0 Å². The van der Waals surface area contributed by atoms with Gasteiger partial charge in [0.2, 0.25) is 0 Å². The molecule has 2 heteroatoms. The standard InChI is InChI=1S/C10H20O2/c1-4-8(2)5-6-9(3)7-10(11)12/h8-9H,4-7H2,1-3H3,(H,11,12)/t8-,9+/m0/s1. The predicted molar refractivity (Wildman–Crippen MR) is 50.1 cm³/mol. The predicted octanol–water partition coefficient (Wildman–Crippen LogP) is 2.92. The van der Waals surface area contributed by atoms with Crippen molar-refractivity contribution in [2.24, 2.45) is 11.8 Å². The van der Waals surface area contributed by atoms with Crippen LogP contribution >= 0.6 is 0 Å². The molecule has 1 N–H and O–H groups in total. The first-order valence-corrected chi connectivity index (χ1v) is 4.78. The van der Waals surface area contributed by atoms with Crippen LogP contribution in [0.3, 0.4) is 0 Å². The Morgan fingerprint density at radius 3 is 2.17 bits per heavy atom. The second-order valence-electron chi connectivity index (χ2n) is 3.79. The highest BCUT2D eigenvalue weighted by molar-refractivity contribution is 5.66. The summed E-state index contributed by atoms with van der Waals surface area (Å²) in [5.74, 6) is 0.393. The smallest absolute Gasteiger partial charge is 0.303 e. The molecule has 0 unspecified atom stereocenters. The van der Waals surface area contributed by atoms with E-state index < -0.39 is 5.97 Å². The molecular weight excluding hydrogens is 152 g/mol. The molecule has 0 bridgehead atoms. The van der Waals surface area contributed by atoms with E-state index in [0.29, 0.717) is 12.3 Å². The molecule has 0 aliphatic rings. The van der Waals surface area contributed by atoms with Gasteiger partial charge in [-0.3, -0.25) is 4.79 Å². The summed E-state index contributed by atoms with van der Waals surface area (Å²) in [5, 5.41) is 8.51. The van der Waals surface area contributed by atoms with Crippen molar-refractivity contribution >= 4 is 5.97 Å². The van der Waals surface area contributed by atoms with Gasteiger partial charge in [0.1, 0.15) is 0 Å². The molecule has 0 aromatic carbocycles. The fourth-order valence-corrected chi connectivity index (χ4v) is 1.17. The number of hydrogen-bond donors (Lipinski definition) is 1. The van der Waals surface area contributed by atoms with Crippen molar-refractivity contribution in [3.8, 4) is 0 Å². The summed E-state index contributed by atoms with van der Waals surface area (Å²) in [4.78, 5) is 10.3. The highest BCUT2D eigenvalue weighted by atomic mass is 16.4. The van der Waals surface area contributed by atoms with Crippen LogP contribution in [0.25, 0.3) is 0 Å². The monoisotopic (exact) mass is 172 g/mol. The number of carboxylic acid groups (broad SMARTS) is 1. The van der Waals surface area contributed by atoms with E-state index in [1.807, 2.05) is 6.92 Å². The van der Waals surface area contributed by atoms with E-state index in [4.69, 9.17) is 5.11 Å². The van der Waals surface area contributed by atoms with Crippen LogP contribution in [0.5, 0.6) is 0 Å². The minimum Gasteiger partial charge on any atom is -0.481 e.